The molecule has 100 valence electrons. The van der Waals surface area contributed by atoms with Gasteiger partial charge in [-0.3, -0.25) is 9.48 Å². The third kappa shape index (κ3) is 2.68. The molecule has 0 aliphatic carbocycles. The molecule has 1 aliphatic heterocycles. The van der Waals surface area contributed by atoms with Crippen molar-refractivity contribution < 1.29 is 9.90 Å². The van der Waals surface area contributed by atoms with Gasteiger partial charge in [0, 0.05) is 19.6 Å². The maximum absolute atomic E-state index is 12.2. The molecule has 2 heterocycles. The molecular weight excluding hydrogens is 234 g/mol. The minimum atomic E-state index is -0.318. The van der Waals surface area contributed by atoms with Crippen molar-refractivity contribution in [1.29, 1.82) is 0 Å². The smallest absolute Gasteiger partial charge is 0.276 e. The highest BCUT2D eigenvalue weighted by molar-refractivity contribution is 5.92. The predicted octanol–water partition coefficient (Wildman–Crippen LogP) is -0.920. The first-order chi connectivity index (χ1) is 8.61. The Morgan fingerprint density at radius 3 is 3.11 bits per heavy atom. The maximum Gasteiger partial charge on any atom is 0.276 e. The van der Waals surface area contributed by atoms with Crippen LogP contribution in [0.15, 0.2) is 6.20 Å². The van der Waals surface area contributed by atoms with Gasteiger partial charge in [0.15, 0.2) is 5.69 Å². The number of carbonyl (C=O) groups excluding carboxylic acids is 1. The molecule has 2 unspecified atom stereocenters. The Balaban J connectivity index is 2.02. The molecule has 0 radical (unpaired) electrons. The van der Waals surface area contributed by atoms with E-state index in [1.807, 2.05) is 6.92 Å². The van der Waals surface area contributed by atoms with Crippen molar-refractivity contribution in [2.45, 2.75) is 26.0 Å². The highest BCUT2D eigenvalue weighted by Gasteiger charge is 2.28. The lowest BCUT2D eigenvalue weighted by Gasteiger charge is -2.33. The van der Waals surface area contributed by atoms with E-state index in [-0.39, 0.29) is 17.9 Å². The van der Waals surface area contributed by atoms with E-state index in [0.29, 0.717) is 38.3 Å². The molecule has 1 aromatic rings. The number of hydrogen-bond donors (Lipinski definition) is 2. The Bertz CT molecular complexity index is 419. The number of aromatic nitrogens is 3. The van der Waals surface area contributed by atoms with Gasteiger partial charge in [-0.05, 0) is 12.3 Å². The van der Waals surface area contributed by atoms with Gasteiger partial charge < -0.3 is 15.7 Å². The number of carbonyl (C=O) groups is 1. The summed E-state index contributed by atoms with van der Waals surface area (Å²) in [5.74, 6) is -0.0289. The Morgan fingerprint density at radius 1 is 1.67 bits per heavy atom. The number of rotatable bonds is 3. The Morgan fingerprint density at radius 2 is 2.44 bits per heavy atom. The monoisotopic (exact) mass is 253 g/mol. The van der Waals surface area contributed by atoms with Crippen LogP contribution in [0.25, 0.3) is 0 Å². The SMILES string of the molecule is CC1CN(C(=O)c2cn(CCN)nn2)CCC1O. The van der Waals surface area contributed by atoms with Crippen molar-refractivity contribution >= 4 is 5.91 Å². The molecule has 0 bridgehead atoms. The molecule has 0 aromatic carbocycles. The van der Waals surface area contributed by atoms with Crippen LogP contribution in [0, 0.1) is 5.92 Å². The summed E-state index contributed by atoms with van der Waals surface area (Å²) in [5, 5.41) is 17.3. The number of hydrogen-bond acceptors (Lipinski definition) is 5. The summed E-state index contributed by atoms with van der Waals surface area (Å²) in [6.45, 7) is 4.08. The lowest BCUT2D eigenvalue weighted by Crippen LogP contribution is -2.45. The second kappa shape index (κ2) is 5.45. The van der Waals surface area contributed by atoms with Gasteiger partial charge in [0.1, 0.15) is 0 Å². The normalized spacial score (nSPS) is 24.3. The van der Waals surface area contributed by atoms with Gasteiger partial charge in [-0.25, -0.2) is 0 Å². The van der Waals surface area contributed by atoms with Crippen molar-refractivity contribution in [3.05, 3.63) is 11.9 Å². The molecule has 1 fully saturated rings. The minimum absolute atomic E-state index is 0.0989. The third-order valence-electron chi connectivity index (χ3n) is 3.26. The van der Waals surface area contributed by atoms with Crippen LogP contribution < -0.4 is 5.73 Å². The summed E-state index contributed by atoms with van der Waals surface area (Å²) in [6.07, 6.45) is 1.91. The summed E-state index contributed by atoms with van der Waals surface area (Å²) in [4.78, 5) is 13.9. The van der Waals surface area contributed by atoms with Crippen LogP contribution in [-0.4, -0.2) is 56.6 Å². The molecule has 1 saturated heterocycles. The van der Waals surface area contributed by atoms with Crippen LogP contribution >= 0.6 is 0 Å². The summed E-state index contributed by atoms with van der Waals surface area (Å²) in [5.41, 5.74) is 5.75. The van der Waals surface area contributed by atoms with Crippen molar-refractivity contribution in [2.24, 2.45) is 11.7 Å². The van der Waals surface area contributed by atoms with E-state index >= 15 is 0 Å². The highest BCUT2D eigenvalue weighted by atomic mass is 16.3. The van der Waals surface area contributed by atoms with Crippen molar-refractivity contribution in [2.75, 3.05) is 19.6 Å². The topological polar surface area (TPSA) is 97.3 Å². The van der Waals surface area contributed by atoms with Gasteiger partial charge in [-0.15, -0.1) is 5.10 Å². The zero-order chi connectivity index (χ0) is 13.1. The largest absolute Gasteiger partial charge is 0.393 e. The third-order valence-corrected chi connectivity index (χ3v) is 3.26. The fourth-order valence-electron chi connectivity index (χ4n) is 2.12. The highest BCUT2D eigenvalue weighted by Crippen LogP contribution is 2.17. The molecule has 2 rings (SSSR count). The molecule has 0 saturated carbocycles. The van der Waals surface area contributed by atoms with E-state index in [2.05, 4.69) is 10.3 Å². The summed E-state index contributed by atoms with van der Waals surface area (Å²) < 4.78 is 1.56. The lowest BCUT2D eigenvalue weighted by molar-refractivity contribution is 0.0294. The van der Waals surface area contributed by atoms with Crippen LogP contribution in [-0.2, 0) is 6.54 Å². The fraction of sp³-hybridized carbons (Fsp3) is 0.727. The van der Waals surface area contributed by atoms with Crippen molar-refractivity contribution in [3.8, 4) is 0 Å². The zero-order valence-corrected chi connectivity index (χ0v) is 10.5. The van der Waals surface area contributed by atoms with Gasteiger partial charge in [-0.2, -0.15) is 0 Å². The number of amides is 1. The van der Waals surface area contributed by atoms with Gasteiger partial charge in [0.2, 0.25) is 0 Å². The number of piperidine rings is 1. The van der Waals surface area contributed by atoms with Gasteiger partial charge in [0.05, 0.1) is 18.8 Å². The Labute approximate surface area is 106 Å². The van der Waals surface area contributed by atoms with Crippen LogP contribution in [0.4, 0.5) is 0 Å². The minimum Gasteiger partial charge on any atom is -0.393 e. The van der Waals surface area contributed by atoms with Crippen LogP contribution in [0.5, 0.6) is 0 Å². The van der Waals surface area contributed by atoms with E-state index in [0.717, 1.165) is 0 Å². The van der Waals surface area contributed by atoms with E-state index in [1.54, 1.807) is 15.8 Å². The first kappa shape index (κ1) is 13.0. The van der Waals surface area contributed by atoms with Gasteiger partial charge in [-0.1, -0.05) is 12.1 Å². The molecule has 2 atom stereocenters. The van der Waals surface area contributed by atoms with Gasteiger partial charge >= 0.3 is 0 Å². The van der Waals surface area contributed by atoms with Crippen LogP contribution in [0.2, 0.25) is 0 Å². The maximum atomic E-state index is 12.2. The van der Waals surface area contributed by atoms with Crippen LogP contribution in [0.3, 0.4) is 0 Å². The fourth-order valence-corrected chi connectivity index (χ4v) is 2.12. The second-order valence-corrected chi connectivity index (χ2v) is 4.74. The quantitative estimate of drug-likeness (QED) is 0.726. The zero-order valence-electron chi connectivity index (χ0n) is 10.5. The summed E-state index contributed by atoms with van der Waals surface area (Å²) >= 11 is 0. The Hall–Kier alpha value is -1.47. The molecule has 18 heavy (non-hydrogen) atoms. The van der Waals surface area contributed by atoms with Crippen LogP contribution in [0.1, 0.15) is 23.8 Å². The Kier molecular flexibility index (Phi) is 3.93. The first-order valence-electron chi connectivity index (χ1n) is 6.19. The molecule has 1 aromatic heterocycles. The number of aliphatic hydroxyl groups is 1. The first-order valence-corrected chi connectivity index (χ1v) is 6.19. The van der Waals surface area contributed by atoms with E-state index in [9.17, 15) is 9.90 Å². The average molecular weight is 253 g/mol. The number of likely N-dealkylation sites (tertiary alicyclic amines) is 1. The van der Waals surface area contributed by atoms with E-state index < -0.39 is 0 Å². The predicted molar refractivity (Wildman–Crippen MR) is 64.8 cm³/mol. The van der Waals surface area contributed by atoms with E-state index in [1.165, 1.54) is 0 Å². The molecule has 7 nitrogen and oxygen atoms in total. The summed E-state index contributed by atoms with van der Waals surface area (Å²) in [6, 6.07) is 0. The number of aliphatic hydroxyl groups excluding tert-OH is 1. The average Bonchev–Trinajstić information content (AvgIpc) is 2.81. The molecular formula is C11H19N5O2. The molecule has 1 aliphatic rings. The van der Waals surface area contributed by atoms with Gasteiger partial charge in [0.25, 0.3) is 5.91 Å². The molecule has 3 N–H and O–H groups in total. The van der Waals surface area contributed by atoms with E-state index in [4.69, 9.17) is 5.73 Å². The molecule has 7 heteroatoms. The summed E-state index contributed by atoms with van der Waals surface area (Å²) in [7, 11) is 0. The van der Waals surface area contributed by atoms with Crippen molar-refractivity contribution in [1.82, 2.24) is 19.9 Å². The number of nitrogens with two attached hydrogens (primary N) is 1. The standard InChI is InChI=1S/C11H19N5O2/c1-8-6-15(4-2-10(8)17)11(18)9-7-16(5-3-12)14-13-9/h7-8,10,17H,2-6,12H2,1H3. The number of nitrogens with zero attached hydrogens (tertiary/aromatic N) is 4. The molecule has 0 spiro atoms. The lowest BCUT2D eigenvalue weighted by atomic mass is 9.96. The molecule has 1 amide bonds. The second-order valence-electron chi connectivity index (χ2n) is 4.74. The van der Waals surface area contributed by atoms with Crippen molar-refractivity contribution in [3.63, 3.8) is 0 Å².